The minimum Gasteiger partial charge on any atom is -0.472 e. The predicted molar refractivity (Wildman–Crippen MR) is 80.0 cm³/mol. The molecular formula is C16H18N2O3. The second-order valence-electron chi connectivity index (χ2n) is 4.72. The smallest absolute Gasteiger partial charge is 0.338 e. The molecule has 0 aliphatic heterocycles. The summed E-state index contributed by atoms with van der Waals surface area (Å²) in [5.74, 6) is 0.113. The van der Waals surface area contributed by atoms with Crippen LogP contribution in [0.25, 0.3) is 5.57 Å². The molecule has 0 radical (unpaired) electrons. The highest BCUT2D eigenvalue weighted by molar-refractivity contribution is 5.92. The molecule has 2 rings (SSSR count). The Morgan fingerprint density at radius 2 is 2.05 bits per heavy atom. The Morgan fingerprint density at radius 1 is 1.33 bits per heavy atom. The van der Waals surface area contributed by atoms with Crippen LogP contribution < -0.4 is 4.74 Å². The third kappa shape index (κ3) is 3.31. The zero-order valence-electron chi connectivity index (χ0n) is 12.4. The average Bonchev–Trinajstić information content (AvgIpc) is 2.89. The number of aromatic nitrogens is 2. The van der Waals surface area contributed by atoms with Crippen molar-refractivity contribution in [1.29, 1.82) is 0 Å². The monoisotopic (exact) mass is 286 g/mol. The summed E-state index contributed by atoms with van der Waals surface area (Å²) < 4.78 is 12.1. The Labute approximate surface area is 123 Å². The average molecular weight is 286 g/mol. The molecule has 2 aromatic rings. The second-order valence-corrected chi connectivity index (χ2v) is 4.72. The van der Waals surface area contributed by atoms with Crippen molar-refractivity contribution >= 4 is 11.5 Å². The quantitative estimate of drug-likeness (QED) is 0.793. The lowest BCUT2D eigenvalue weighted by Gasteiger charge is -2.13. The Morgan fingerprint density at radius 3 is 2.62 bits per heavy atom. The maximum atomic E-state index is 11.9. The van der Waals surface area contributed by atoms with Gasteiger partial charge in [-0.2, -0.15) is 0 Å². The van der Waals surface area contributed by atoms with Crippen molar-refractivity contribution in [3.8, 4) is 5.88 Å². The number of hydrogen-bond donors (Lipinski definition) is 0. The molecule has 0 bridgehead atoms. The van der Waals surface area contributed by atoms with Crippen molar-refractivity contribution in [2.45, 2.75) is 13.5 Å². The van der Waals surface area contributed by atoms with Gasteiger partial charge < -0.3 is 9.47 Å². The number of aryl methyl sites for hydroxylation is 1. The number of nitrogens with zero attached hydrogens (tertiary/aromatic N) is 2. The maximum absolute atomic E-state index is 11.9. The van der Waals surface area contributed by atoms with Crippen LogP contribution in [0, 0.1) is 0 Å². The van der Waals surface area contributed by atoms with Gasteiger partial charge in [-0.05, 0) is 18.6 Å². The van der Waals surface area contributed by atoms with Crippen molar-refractivity contribution in [2.75, 3.05) is 7.11 Å². The predicted octanol–water partition coefficient (Wildman–Crippen LogP) is 2.82. The van der Waals surface area contributed by atoms with Gasteiger partial charge in [-0.1, -0.05) is 24.3 Å². The van der Waals surface area contributed by atoms with E-state index in [-0.39, 0.29) is 6.61 Å². The van der Waals surface area contributed by atoms with Crippen molar-refractivity contribution < 1.29 is 14.3 Å². The van der Waals surface area contributed by atoms with Crippen molar-refractivity contribution in [2.24, 2.45) is 7.05 Å². The van der Waals surface area contributed by atoms with Crippen molar-refractivity contribution in [3.63, 3.8) is 0 Å². The summed E-state index contributed by atoms with van der Waals surface area (Å²) in [5.41, 5.74) is 2.98. The third-order valence-corrected chi connectivity index (χ3v) is 3.09. The number of benzene rings is 1. The summed E-state index contributed by atoms with van der Waals surface area (Å²) in [6, 6.07) is 7.20. The van der Waals surface area contributed by atoms with E-state index in [1.165, 1.54) is 7.11 Å². The molecule has 1 heterocycles. The molecule has 0 aliphatic carbocycles. The first-order valence-electron chi connectivity index (χ1n) is 6.51. The summed E-state index contributed by atoms with van der Waals surface area (Å²) in [6.07, 6.45) is 1.79. The van der Waals surface area contributed by atoms with Gasteiger partial charge in [0.2, 0.25) is 5.88 Å². The van der Waals surface area contributed by atoms with Gasteiger partial charge in [-0.25, -0.2) is 4.79 Å². The fourth-order valence-electron chi connectivity index (χ4n) is 2.06. The van der Waals surface area contributed by atoms with E-state index >= 15 is 0 Å². The molecule has 1 aromatic heterocycles. The number of allylic oxidation sites excluding steroid dienone is 1. The van der Waals surface area contributed by atoms with E-state index in [4.69, 9.17) is 9.47 Å². The highest BCUT2D eigenvalue weighted by atomic mass is 16.5. The molecule has 0 unspecified atom stereocenters. The molecule has 110 valence electrons. The Bertz CT molecular complexity index is 674. The summed E-state index contributed by atoms with van der Waals surface area (Å²) in [5, 5.41) is 4.15. The van der Waals surface area contributed by atoms with E-state index in [1.54, 1.807) is 29.1 Å². The van der Waals surface area contributed by atoms with Gasteiger partial charge in [0.25, 0.3) is 0 Å². The molecule has 0 atom stereocenters. The van der Waals surface area contributed by atoms with Gasteiger partial charge in [-0.3, -0.25) is 4.68 Å². The first-order valence-corrected chi connectivity index (χ1v) is 6.51. The number of ether oxygens (including phenoxy) is 2. The number of carbonyl (C=O) groups is 1. The van der Waals surface area contributed by atoms with Gasteiger partial charge in [0, 0.05) is 24.9 Å². The first kappa shape index (κ1) is 14.8. The first-order chi connectivity index (χ1) is 10.0. The van der Waals surface area contributed by atoms with Crippen LogP contribution in [0.5, 0.6) is 5.88 Å². The molecule has 1 aromatic carbocycles. The fourth-order valence-corrected chi connectivity index (χ4v) is 2.06. The second kappa shape index (κ2) is 6.26. The molecule has 0 saturated carbocycles. The van der Waals surface area contributed by atoms with Crippen molar-refractivity contribution in [1.82, 2.24) is 9.78 Å². The highest BCUT2D eigenvalue weighted by Gasteiger charge is 2.16. The Balaban J connectivity index is 2.34. The minimum absolute atomic E-state index is 0.227. The summed E-state index contributed by atoms with van der Waals surface area (Å²) in [6.45, 7) is 6.06. The topological polar surface area (TPSA) is 53.4 Å². The standard InChI is InChI=1S/C16H18N2O3/c1-11(2)12-6-5-7-13(16(19)20-4)14(12)10-21-15-8-9-18(3)17-15/h5-9H,1,10H2,2-4H3. The van der Waals surface area contributed by atoms with Crippen LogP contribution in [-0.2, 0) is 18.4 Å². The zero-order valence-corrected chi connectivity index (χ0v) is 12.4. The van der Waals surface area contributed by atoms with Crippen LogP contribution >= 0.6 is 0 Å². The molecule has 0 spiro atoms. The third-order valence-electron chi connectivity index (χ3n) is 3.09. The molecular weight excluding hydrogens is 268 g/mol. The van der Waals surface area contributed by atoms with E-state index in [0.29, 0.717) is 11.4 Å². The molecule has 0 amide bonds. The molecule has 0 fully saturated rings. The van der Waals surface area contributed by atoms with E-state index in [9.17, 15) is 4.79 Å². The van der Waals surface area contributed by atoms with Crippen LogP contribution in [0.3, 0.4) is 0 Å². The van der Waals surface area contributed by atoms with Crippen LogP contribution in [0.1, 0.15) is 28.4 Å². The highest BCUT2D eigenvalue weighted by Crippen LogP contribution is 2.23. The lowest BCUT2D eigenvalue weighted by atomic mass is 9.97. The minimum atomic E-state index is -0.391. The van der Waals surface area contributed by atoms with Crippen LogP contribution in [0.4, 0.5) is 0 Å². The van der Waals surface area contributed by atoms with E-state index in [1.807, 2.05) is 20.0 Å². The van der Waals surface area contributed by atoms with E-state index < -0.39 is 5.97 Å². The van der Waals surface area contributed by atoms with Crippen LogP contribution in [-0.4, -0.2) is 22.9 Å². The van der Waals surface area contributed by atoms with Gasteiger partial charge in [0.15, 0.2) is 0 Å². The number of methoxy groups -OCH3 is 1. The SMILES string of the molecule is C=C(C)c1cccc(C(=O)OC)c1COc1ccn(C)n1. The largest absolute Gasteiger partial charge is 0.472 e. The molecule has 0 N–H and O–H groups in total. The lowest BCUT2D eigenvalue weighted by Crippen LogP contribution is -2.10. The number of rotatable bonds is 5. The molecule has 21 heavy (non-hydrogen) atoms. The maximum Gasteiger partial charge on any atom is 0.338 e. The van der Waals surface area contributed by atoms with Gasteiger partial charge in [-0.15, -0.1) is 5.10 Å². The summed E-state index contributed by atoms with van der Waals surface area (Å²) in [7, 11) is 3.17. The summed E-state index contributed by atoms with van der Waals surface area (Å²) >= 11 is 0. The van der Waals surface area contributed by atoms with E-state index in [0.717, 1.165) is 16.7 Å². The van der Waals surface area contributed by atoms with Crippen molar-refractivity contribution in [3.05, 3.63) is 53.7 Å². The normalized spacial score (nSPS) is 10.2. The van der Waals surface area contributed by atoms with Crippen LogP contribution in [0.2, 0.25) is 0 Å². The molecule has 5 nitrogen and oxygen atoms in total. The summed E-state index contributed by atoms with van der Waals surface area (Å²) in [4.78, 5) is 11.9. The van der Waals surface area contributed by atoms with Gasteiger partial charge in [0.05, 0.1) is 12.7 Å². The Kier molecular flexibility index (Phi) is 4.42. The van der Waals surface area contributed by atoms with Gasteiger partial charge in [0.1, 0.15) is 6.61 Å². The number of esters is 1. The van der Waals surface area contributed by atoms with Crippen LogP contribution in [0.15, 0.2) is 37.0 Å². The van der Waals surface area contributed by atoms with E-state index in [2.05, 4.69) is 11.7 Å². The Hall–Kier alpha value is -2.56. The van der Waals surface area contributed by atoms with Gasteiger partial charge >= 0.3 is 5.97 Å². The zero-order chi connectivity index (χ0) is 15.4. The molecule has 0 saturated heterocycles. The lowest BCUT2D eigenvalue weighted by molar-refractivity contribution is 0.0597. The number of hydrogen-bond acceptors (Lipinski definition) is 4. The molecule has 5 heteroatoms. The number of carbonyl (C=O) groups excluding carboxylic acids is 1. The molecule has 0 aliphatic rings. The fraction of sp³-hybridized carbons (Fsp3) is 0.250.